The van der Waals surface area contributed by atoms with Gasteiger partial charge in [0, 0.05) is 22.1 Å². The van der Waals surface area contributed by atoms with Gasteiger partial charge < -0.3 is 4.74 Å². The minimum Gasteiger partial charge on any atom is -0.469 e. The zero-order chi connectivity index (χ0) is 19.2. The molecule has 0 saturated heterocycles. The summed E-state index contributed by atoms with van der Waals surface area (Å²) in [5.41, 5.74) is 0.570. The van der Waals surface area contributed by atoms with Crippen LogP contribution in [0, 0.1) is 0 Å². The Bertz CT molecular complexity index is 727. The Hall–Kier alpha value is -1.38. The Morgan fingerprint density at radius 2 is 1.85 bits per heavy atom. The fourth-order valence-corrected chi connectivity index (χ4v) is 4.86. The van der Waals surface area contributed by atoms with Crippen LogP contribution in [0.2, 0.25) is 0 Å². The number of thioether (sulfide) groups is 1. The SMILES string of the molecule is COC(=O)CCC(=O)c1ccc(SC2CCCC(OS(C)(=O)=O)C2)cc1. The van der Waals surface area contributed by atoms with Gasteiger partial charge in [0.2, 0.25) is 0 Å². The minimum atomic E-state index is -3.43. The molecular weight excluding hydrogens is 376 g/mol. The molecule has 0 radical (unpaired) electrons. The highest BCUT2D eigenvalue weighted by molar-refractivity contribution is 8.00. The molecule has 0 spiro atoms. The molecule has 8 heteroatoms. The van der Waals surface area contributed by atoms with Gasteiger partial charge in [-0.1, -0.05) is 12.1 Å². The van der Waals surface area contributed by atoms with Crippen LogP contribution in [-0.2, 0) is 23.8 Å². The molecule has 1 aromatic carbocycles. The van der Waals surface area contributed by atoms with Crippen molar-refractivity contribution in [1.29, 1.82) is 0 Å². The lowest BCUT2D eigenvalue weighted by atomic mass is 9.97. The van der Waals surface area contributed by atoms with Crippen LogP contribution < -0.4 is 0 Å². The summed E-state index contributed by atoms with van der Waals surface area (Å²) < 4.78 is 32.2. The summed E-state index contributed by atoms with van der Waals surface area (Å²) in [6.07, 6.45) is 4.43. The van der Waals surface area contributed by atoms with E-state index >= 15 is 0 Å². The quantitative estimate of drug-likeness (QED) is 0.376. The fourth-order valence-electron chi connectivity index (χ4n) is 2.92. The van der Waals surface area contributed by atoms with Gasteiger partial charge in [-0.15, -0.1) is 11.8 Å². The summed E-state index contributed by atoms with van der Waals surface area (Å²) in [6.45, 7) is 0. The van der Waals surface area contributed by atoms with E-state index in [0.29, 0.717) is 12.0 Å². The molecule has 0 heterocycles. The minimum absolute atomic E-state index is 0.0790. The zero-order valence-electron chi connectivity index (χ0n) is 15.0. The average molecular weight is 401 g/mol. The first-order valence-corrected chi connectivity index (χ1v) is 11.2. The van der Waals surface area contributed by atoms with E-state index in [1.165, 1.54) is 7.11 Å². The van der Waals surface area contributed by atoms with E-state index in [-0.39, 0.29) is 30.0 Å². The summed E-state index contributed by atoms with van der Waals surface area (Å²) >= 11 is 1.68. The monoisotopic (exact) mass is 400 g/mol. The molecular formula is C18H24O6S2. The molecule has 26 heavy (non-hydrogen) atoms. The highest BCUT2D eigenvalue weighted by Crippen LogP contribution is 2.35. The highest BCUT2D eigenvalue weighted by atomic mass is 32.2. The number of benzene rings is 1. The van der Waals surface area contributed by atoms with Crippen molar-refractivity contribution in [3.8, 4) is 0 Å². The molecule has 2 atom stereocenters. The number of methoxy groups -OCH3 is 1. The van der Waals surface area contributed by atoms with Gasteiger partial charge in [0.1, 0.15) is 0 Å². The molecule has 1 saturated carbocycles. The van der Waals surface area contributed by atoms with Crippen LogP contribution in [0.4, 0.5) is 0 Å². The lowest BCUT2D eigenvalue weighted by Gasteiger charge is -2.27. The molecule has 1 fully saturated rings. The van der Waals surface area contributed by atoms with Crippen molar-refractivity contribution >= 4 is 33.6 Å². The van der Waals surface area contributed by atoms with Gasteiger partial charge >= 0.3 is 5.97 Å². The van der Waals surface area contributed by atoms with Crippen LogP contribution in [-0.4, -0.2) is 44.9 Å². The van der Waals surface area contributed by atoms with Crippen molar-refractivity contribution in [1.82, 2.24) is 0 Å². The normalized spacial score (nSPS) is 20.5. The number of hydrogen-bond donors (Lipinski definition) is 0. The maximum Gasteiger partial charge on any atom is 0.305 e. The molecule has 0 aromatic heterocycles. The van der Waals surface area contributed by atoms with Crippen LogP contribution in [0.15, 0.2) is 29.2 Å². The summed E-state index contributed by atoms with van der Waals surface area (Å²) in [4.78, 5) is 24.2. The second-order valence-corrected chi connectivity index (χ2v) is 9.33. The van der Waals surface area contributed by atoms with Crippen molar-refractivity contribution in [2.45, 2.75) is 54.8 Å². The number of ketones is 1. The number of rotatable bonds is 8. The Morgan fingerprint density at radius 3 is 2.46 bits per heavy atom. The van der Waals surface area contributed by atoms with Gasteiger partial charge in [0.25, 0.3) is 10.1 Å². The van der Waals surface area contributed by atoms with Crippen LogP contribution in [0.25, 0.3) is 0 Å². The number of ether oxygens (including phenoxy) is 1. The average Bonchev–Trinajstić information content (AvgIpc) is 2.58. The van der Waals surface area contributed by atoms with Gasteiger partial charge in [-0.25, -0.2) is 0 Å². The van der Waals surface area contributed by atoms with Crippen LogP contribution in [0.3, 0.4) is 0 Å². The van der Waals surface area contributed by atoms with E-state index < -0.39 is 16.1 Å². The molecule has 0 bridgehead atoms. The predicted molar refractivity (Wildman–Crippen MR) is 99.9 cm³/mol. The lowest BCUT2D eigenvalue weighted by Crippen LogP contribution is -2.26. The molecule has 2 rings (SSSR count). The number of carbonyl (C=O) groups excluding carboxylic acids is 2. The van der Waals surface area contributed by atoms with Gasteiger partial charge in [-0.2, -0.15) is 8.42 Å². The molecule has 0 amide bonds. The molecule has 1 aromatic rings. The van der Waals surface area contributed by atoms with Crippen LogP contribution in [0.5, 0.6) is 0 Å². The van der Waals surface area contributed by atoms with E-state index in [9.17, 15) is 18.0 Å². The van der Waals surface area contributed by atoms with Crippen molar-refractivity contribution in [2.24, 2.45) is 0 Å². The second-order valence-electron chi connectivity index (χ2n) is 6.35. The molecule has 0 aliphatic heterocycles. The fraction of sp³-hybridized carbons (Fsp3) is 0.556. The van der Waals surface area contributed by atoms with E-state index in [0.717, 1.165) is 30.4 Å². The first-order valence-electron chi connectivity index (χ1n) is 8.52. The second kappa shape index (κ2) is 9.53. The lowest BCUT2D eigenvalue weighted by molar-refractivity contribution is -0.140. The molecule has 2 unspecified atom stereocenters. The van der Waals surface area contributed by atoms with Crippen LogP contribution >= 0.6 is 11.8 Å². The van der Waals surface area contributed by atoms with E-state index in [4.69, 9.17) is 4.18 Å². The summed E-state index contributed by atoms with van der Waals surface area (Å²) in [5, 5.41) is 0.288. The first-order chi connectivity index (χ1) is 12.3. The van der Waals surface area contributed by atoms with Gasteiger partial charge in [-0.05, 0) is 37.8 Å². The highest BCUT2D eigenvalue weighted by Gasteiger charge is 2.26. The first kappa shape index (κ1) is 20.9. The van der Waals surface area contributed by atoms with Gasteiger partial charge in [0.05, 0.1) is 25.9 Å². The largest absolute Gasteiger partial charge is 0.469 e. The van der Waals surface area contributed by atoms with Gasteiger partial charge in [0.15, 0.2) is 5.78 Å². The number of esters is 1. The Balaban J connectivity index is 1.88. The van der Waals surface area contributed by atoms with E-state index in [1.807, 2.05) is 12.1 Å². The molecule has 1 aliphatic rings. The topological polar surface area (TPSA) is 86.7 Å². The number of Topliss-reactive ketones (excluding diaryl/α,β-unsaturated/α-hetero) is 1. The van der Waals surface area contributed by atoms with Crippen molar-refractivity contribution in [3.05, 3.63) is 29.8 Å². The van der Waals surface area contributed by atoms with E-state index in [1.54, 1.807) is 23.9 Å². The standard InChI is InChI=1S/C18H24O6S2/c1-23-18(20)11-10-17(19)13-6-8-15(9-7-13)25-16-5-3-4-14(12-16)24-26(2,21)22/h6-9,14,16H,3-5,10-12H2,1-2H3. The molecule has 0 N–H and O–H groups in total. The van der Waals surface area contributed by atoms with E-state index in [2.05, 4.69) is 4.74 Å². The molecule has 144 valence electrons. The van der Waals surface area contributed by atoms with Crippen molar-refractivity contribution in [3.63, 3.8) is 0 Å². The maximum atomic E-state index is 12.1. The number of hydrogen-bond acceptors (Lipinski definition) is 7. The Kier molecular flexibility index (Phi) is 7.67. The molecule has 6 nitrogen and oxygen atoms in total. The van der Waals surface area contributed by atoms with Crippen LogP contribution in [0.1, 0.15) is 48.9 Å². The number of carbonyl (C=O) groups is 2. The molecule has 1 aliphatic carbocycles. The summed E-state index contributed by atoms with van der Waals surface area (Å²) in [5.74, 6) is -0.486. The van der Waals surface area contributed by atoms with Crippen molar-refractivity contribution < 1.29 is 26.9 Å². The maximum absolute atomic E-state index is 12.1. The Labute approximate surface area is 158 Å². The third kappa shape index (κ3) is 7.09. The third-order valence-electron chi connectivity index (χ3n) is 4.15. The smallest absolute Gasteiger partial charge is 0.305 e. The van der Waals surface area contributed by atoms with Crippen molar-refractivity contribution in [2.75, 3.05) is 13.4 Å². The Morgan fingerprint density at radius 1 is 1.15 bits per heavy atom. The predicted octanol–water partition coefficient (Wildman–Crippen LogP) is 3.20. The zero-order valence-corrected chi connectivity index (χ0v) is 16.6. The van der Waals surface area contributed by atoms with Gasteiger partial charge in [-0.3, -0.25) is 13.8 Å². The summed E-state index contributed by atoms with van der Waals surface area (Å²) in [7, 11) is -2.13. The summed E-state index contributed by atoms with van der Waals surface area (Å²) in [6, 6.07) is 7.29. The third-order valence-corrected chi connectivity index (χ3v) is 6.08.